The van der Waals surface area contributed by atoms with E-state index in [0.717, 1.165) is 41.0 Å². The van der Waals surface area contributed by atoms with E-state index in [1.807, 2.05) is 35.7 Å². The van der Waals surface area contributed by atoms with Crippen molar-refractivity contribution in [1.29, 1.82) is 0 Å². The van der Waals surface area contributed by atoms with Crippen LogP contribution in [0, 0.1) is 0 Å². The van der Waals surface area contributed by atoms with Gasteiger partial charge in [0.1, 0.15) is 38.8 Å². The van der Waals surface area contributed by atoms with Gasteiger partial charge in [-0.3, -0.25) is 4.79 Å². The highest BCUT2D eigenvalue weighted by atomic mass is 32.1. The molecule has 3 N–H and O–H groups in total. The number of hydrogen-bond donors (Lipinski definition) is 3. The smallest absolute Gasteiger partial charge is 0.195 e. The first-order valence-electron chi connectivity index (χ1n) is 10.3. The third-order valence-electron chi connectivity index (χ3n) is 5.74. The van der Waals surface area contributed by atoms with Gasteiger partial charge < -0.3 is 19.5 Å². The summed E-state index contributed by atoms with van der Waals surface area (Å²) in [6.07, 6.45) is 5.20. The minimum Gasteiger partial charge on any atom is -0.385 e. The lowest BCUT2D eigenvalue weighted by Gasteiger charge is -2.28. The molecular weight excluding hydrogens is 382 g/mol. The Hall–Kier alpha value is -2.25. The summed E-state index contributed by atoms with van der Waals surface area (Å²) < 4.78 is 2.12. The predicted molar refractivity (Wildman–Crippen MR) is 118 cm³/mol. The maximum absolute atomic E-state index is 12.3. The van der Waals surface area contributed by atoms with Crippen molar-refractivity contribution in [3.63, 3.8) is 0 Å². The number of benzene rings is 1. The van der Waals surface area contributed by atoms with E-state index in [-0.39, 0.29) is 11.9 Å². The molecule has 0 saturated carbocycles. The van der Waals surface area contributed by atoms with Crippen molar-refractivity contribution in [2.75, 3.05) is 39.8 Å². The molecular formula is C23H29N3O2S+2. The molecule has 3 heterocycles. The van der Waals surface area contributed by atoms with E-state index in [0.29, 0.717) is 6.54 Å². The molecule has 0 aliphatic carbocycles. The molecule has 0 unspecified atom stereocenters. The van der Waals surface area contributed by atoms with Crippen molar-refractivity contribution in [2.45, 2.75) is 12.6 Å². The summed E-state index contributed by atoms with van der Waals surface area (Å²) in [6.45, 7) is 5.92. The molecule has 2 aromatic heterocycles. The second kappa shape index (κ2) is 9.05. The van der Waals surface area contributed by atoms with Gasteiger partial charge in [-0.1, -0.05) is 24.3 Å². The molecule has 1 atom stereocenters. The van der Waals surface area contributed by atoms with Gasteiger partial charge in [0, 0.05) is 22.7 Å². The van der Waals surface area contributed by atoms with Gasteiger partial charge >= 0.3 is 0 Å². The molecule has 0 radical (unpaired) electrons. The van der Waals surface area contributed by atoms with Crippen LogP contribution in [0.5, 0.6) is 0 Å². The normalized spacial score (nSPS) is 21.0. The largest absolute Gasteiger partial charge is 0.385 e. The van der Waals surface area contributed by atoms with Gasteiger partial charge in [0.15, 0.2) is 5.78 Å². The fourth-order valence-electron chi connectivity index (χ4n) is 4.08. The predicted octanol–water partition coefficient (Wildman–Crippen LogP) is 0.373. The maximum Gasteiger partial charge on any atom is 0.195 e. The summed E-state index contributed by atoms with van der Waals surface area (Å²) in [5, 5.41) is 13.7. The zero-order valence-corrected chi connectivity index (χ0v) is 17.6. The number of hydrogen-bond acceptors (Lipinski definition) is 3. The highest BCUT2D eigenvalue weighted by molar-refractivity contribution is 7.12. The fourth-order valence-corrected chi connectivity index (χ4v) is 4.73. The lowest BCUT2D eigenvalue weighted by Crippen LogP contribution is -3.27. The van der Waals surface area contributed by atoms with Crippen molar-refractivity contribution in [2.24, 2.45) is 0 Å². The van der Waals surface area contributed by atoms with E-state index >= 15 is 0 Å². The summed E-state index contributed by atoms with van der Waals surface area (Å²) in [5.41, 5.74) is 2.10. The molecule has 4 rings (SSSR count). The number of allylic oxidation sites excluding steroid dienone is 1. The third-order valence-corrected chi connectivity index (χ3v) is 6.62. The molecule has 3 aromatic rings. The SMILES string of the molecule is C[NH+]1CC[NH+](C[C@@H](O)Cn2cc(/C=C/C(=O)c3cccs3)c3ccccc32)CC1. The van der Waals surface area contributed by atoms with Crippen LogP contribution >= 0.6 is 11.3 Å². The van der Waals surface area contributed by atoms with Crippen molar-refractivity contribution in [3.8, 4) is 0 Å². The molecule has 1 fully saturated rings. The Morgan fingerprint density at radius 2 is 2.00 bits per heavy atom. The van der Waals surface area contributed by atoms with Gasteiger partial charge in [-0.15, -0.1) is 11.3 Å². The quantitative estimate of drug-likeness (QED) is 0.389. The van der Waals surface area contributed by atoms with E-state index in [1.54, 1.807) is 11.0 Å². The van der Waals surface area contributed by atoms with Gasteiger partial charge in [0.05, 0.1) is 18.5 Å². The minimum absolute atomic E-state index is 0.0256. The lowest BCUT2D eigenvalue weighted by atomic mass is 10.1. The summed E-state index contributed by atoms with van der Waals surface area (Å²) in [4.78, 5) is 16.1. The van der Waals surface area contributed by atoms with Crippen LogP contribution in [-0.2, 0) is 6.54 Å². The molecule has 5 nitrogen and oxygen atoms in total. The Morgan fingerprint density at radius 3 is 2.76 bits per heavy atom. The van der Waals surface area contributed by atoms with Crippen LogP contribution in [-0.4, -0.2) is 61.3 Å². The number of quaternary nitrogens is 2. The number of rotatable bonds is 7. The number of carbonyl (C=O) groups is 1. The molecule has 1 aliphatic heterocycles. The first-order chi connectivity index (χ1) is 14.1. The Morgan fingerprint density at radius 1 is 1.21 bits per heavy atom. The molecule has 0 spiro atoms. The van der Waals surface area contributed by atoms with Crippen LogP contribution in [0.25, 0.3) is 17.0 Å². The van der Waals surface area contributed by atoms with Crippen molar-refractivity contribution in [3.05, 3.63) is 64.5 Å². The average molecular weight is 412 g/mol. The highest BCUT2D eigenvalue weighted by Gasteiger charge is 2.23. The summed E-state index contributed by atoms with van der Waals surface area (Å²) in [7, 11) is 2.23. The second-order valence-corrected chi connectivity index (χ2v) is 8.94. The van der Waals surface area contributed by atoms with E-state index < -0.39 is 0 Å². The number of para-hydroxylation sites is 1. The number of fused-ring (bicyclic) bond motifs is 1. The van der Waals surface area contributed by atoms with Crippen LogP contribution in [0.15, 0.2) is 54.1 Å². The molecule has 0 amide bonds. The first-order valence-corrected chi connectivity index (χ1v) is 11.1. The van der Waals surface area contributed by atoms with Gasteiger partial charge in [0.25, 0.3) is 0 Å². The fraction of sp³-hybridized carbons (Fsp3) is 0.348. The van der Waals surface area contributed by atoms with Crippen LogP contribution in [0.4, 0.5) is 0 Å². The zero-order chi connectivity index (χ0) is 20.2. The van der Waals surface area contributed by atoms with Crippen molar-refractivity contribution >= 4 is 34.1 Å². The number of carbonyl (C=O) groups excluding carboxylic acids is 1. The average Bonchev–Trinajstić information content (AvgIpc) is 3.37. The summed E-state index contributed by atoms with van der Waals surface area (Å²) >= 11 is 1.46. The van der Waals surface area contributed by atoms with Gasteiger partial charge in [-0.2, -0.15) is 0 Å². The molecule has 1 saturated heterocycles. The number of piperazine rings is 1. The summed E-state index contributed by atoms with van der Waals surface area (Å²) in [5.74, 6) is 0.0256. The molecule has 1 aliphatic rings. The molecule has 152 valence electrons. The number of likely N-dealkylation sites (N-methyl/N-ethyl adjacent to an activating group) is 1. The zero-order valence-electron chi connectivity index (χ0n) is 16.8. The van der Waals surface area contributed by atoms with Crippen LogP contribution in [0.2, 0.25) is 0 Å². The number of aromatic nitrogens is 1. The highest BCUT2D eigenvalue weighted by Crippen LogP contribution is 2.23. The number of nitrogens with one attached hydrogen (secondary N) is 2. The Balaban J connectivity index is 1.49. The minimum atomic E-state index is -0.385. The van der Waals surface area contributed by atoms with E-state index in [1.165, 1.54) is 29.3 Å². The van der Waals surface area contributed by atoms with E-state index in [2.05, 4.69) is 29.9 Å². The van der Waals surface area contributed by atoms with Gasteiger partial charge in [-0.05, 0) is 29.7 Å². The molecule has 29 heavy (non-hydrogen) atoms. The monoisotopic (exact) mass is 411 g/mol. The number of nitrogens with zero attached hydrogens (tertiary/aromatic N) is 1. The van der Waals surface area contributed by atoms with Crippen molar-refractivity contribution < 1.29 is 19.7 Å². The topological polar surface area (TPSA) is 51.1 Å². The van der Waals surface area contributed by atoms with Gasteiger partial charge in [-0.25, -0.2) is 0 Å². The number of aliphatic hydroxyl groups is 1. The maximum atomic E-state index is 12.3. The molecule has 6 heteroatoms. The third kappa shape index (κ3) is 4.85. The molecule has 0 bridgehead atoms. The van der Waals surface area contributed by atoms with E-state index in [9.17, 15) is 9.90 Å². The second-order valence-electron chi connectivity index (χ2n) is 7.99. The number of aliphatic hydroxyl groups excluding tert-OH is 1. The van der Waals surface area contributed by atoms with Gasteiger partial charge in [0.2, 0.25) is 0 Å². The summed E-state index contributed by atoms with van der Waals surface area (Å²) in [6, 6.07) is 11.9. The lowest BCUT2D eigenvalue weighted by molar-refractivity contribution is -1.00. The standard InChI is InChI=1S/C23H27N3O2S/c1-24-10-12-25(13-11-24)16-19(27)17-26-15-18(20-5-2-3-6-21(20)26)8-9-22(28)23-7-4-14-29-23/h2-9,14-15,19,27H,10-13,16-17H2,1H3/p+2/b9-8+/t19-/m1/s1. The Bertz CT molecular complexity index is 985. The van der Waals surface area contributed by atoms with Crippen LogP contribution < -0.4 is 9.80 Å². The first kappa shape index (κ1) is 20.0. The van der Waals surface area contributed by atoms with Crippen LogP contribution in [0.1, 0.15) is 15.2 Å². The number of ketones is 1. The van der Waals surface area contributed by atoms with Crippen molar-refractivity contribution in [1.82, 2.24) is 4.57 Å². The Kier molecular flexibility index (Phi) is 6.25. The van der Waals surface area contributed by atoms with E-state index in [4.69, 9.17) is 0 Å². The molecule has 1 aromatic carbocycles. The Labute approximate surface area is 175 Å². The van der Waals surface area contributed by atoms with Crippen LogP contribution in [0.3, 0.4) is 0 Å². The number of thiophene rings is 1.